The maximum absolute atomic E-state index is 12.1. The fourth-order valence-corrected chi connectivity index (χ4v) is 3.02. The molecule has 0 aromatic heterocycles. The van der Waals surface area contributed by atoms with Crippen molar-refractivity contribution in [3.05, 3.63) is 29.8 Å². The highest BCUT2D eigenvalue weighted by molar-refractivity contribution is 7.89. The number of carbonyl (C=O) groups is 1. The molecule has 0 radical (unpaired) electrons. The summed E-state index contributed by atoms with van der Waals surface area (Å²) >= 11 is 0. The average Bonchev–Trinajstić information content (AvgIpc) is 3.20. The molecule has 1 fully saturated rings. The molecule has 104 valence electrons. The van der Waals surface area contributed by atoms with Crippen molar-refractivity contribution in [2.75, 3.05) is 6.54 Å². The van der Waals surface area contributed by atoms with E-state index in [1.165, 1.54) is 12.1 Å². The van der Waals surface area contributed by atoms with Gasteiger partial charge in [0.25, 0.3) is 0 Å². The molecule has 1 aliphatic carbocycles. The number of benzene rings is 1. The fraction of sp³-hybridized carbons (Fsp3) is 0.500. The first-order valence-corrected chi connectivity index (χ1v) is 8.02. The molecule has 19 heavy (non-hydrogen) atoms. The molecule has 1 aliphatic rings. The van der Waals surface area contributed by atoms with Crippen molar-refractivity contribution in [2.24, 2.45) is 11.8 Å². The molecule has 0 atom stereocenters. The number of sulfonamides is 1. The van der Waals surface area contributed by atoms with Gasteiger partial charge in [-0.05, 0) is 30.9 Å². The summed E-state index contributed by atoms with van der Waals surface area (Å²) < 4.78 is 26.7. The van der Waals surface area contributed by atoms with Crippen LogP contribution in [0.15, 0.2) is 29.2 Å². The van der Waals surface area contributed by atoms with Gasteiger partial charge in [0, 0.05) is 18.0 Å². The summed E-state index contributed by atoms with van der Waals surface area (Å²) in [5.74, 6) is 0.397. The average molecular weight is 281 g/mol. The standard InChI is InChI=1S/C14H19NO3S/c1-10(2)9-15-19(17,18)13-5-3-4-12(8-13)14(16)11-6-7-11/h3-5,8,10-11,15H,6-7,9H2,1-2H3. The molecule has 1 aromatic carbocycles. The molecule has 1 aromatic rings. The highest BCUT2D eigenvalue weighted by atomic mass is 32.2. The molecular formula is C14H19NO3S. The summed E-state index contributed by atoms with van der Waals surface area (Å²) in [5.41, 5.74) is 0.495. The summed E-state index contributed by atoms with van der Waals surface area (Å²) in [5, 5.41) is 0. The Kier molecular flexibility index (Phi) is 4.06. The Morgan fingerprint density at radius 2 is 2.05 bits per heavy atom. The minimum atomic E-state index is -3.52. The first-order valence-electron chi connectivity index (χ1n) is 6.54. The molecule has 0 spiro atoms. The second kappa shape index (κ2) is 5.43. The van der Waals surface area contributed by atoms with Crippen LogP contribution in [0.4, 0.5) is 0 Å². The van der Waals surface area contributed by atoms with Crippen molar-refractivity contribution < 1.29 is 13.2 Å². The van der Waals surface area contributed by atoms with Gasteiger partial charge in [-0.25, -0.2) is 13.1 Å². The Morgan fingerprint density at radius 3 is 2.63 bits per heavy atom. The van der Waals surface area contributed by atoms with E-state index in [-0.39, 0.29) is 22.5 Å². The lowest BCUT2D eigenvalue weighted by Gasteiger charge is -2.09. The number of rotatable bonds is 6. The van der Waals surface area contributed by atoms with Crippen LogP contribution in [0.5, 0.6) is 0 Å². The van der Waals surface area contributed by atoms with E-state index in [0.717, 1.165) is 12.8 Å². The van der Waals surface area contributed by atoms with Crippen molar-refractivity contribution in [3.8, 4) is 0 Å². The number of hydrogen-bond acceptors (Lipinski definition) is 3. The van der Waals surface area contributed by atoms with Crippen molar-refractivity contribution in [2.45, 2.75) is 31.6 Å². The first kappa shape index (κ1) is 14.2. The van der Waals surface area contributed by atoms with Crippen molar-refractivity contribution in [3.63, 3.8) is 0 Å². The van der Waals surface area contributed by atoms with Gasteiger partial charge in [0.05, 0.1) is 4.90 Å². The lowest BCUT2D eigenvalue weighted by molar-refractivity contribution is 0.0967. The van der Waals surface area contributed by atoms with Crippen LogP contribution < -0.4 is 4.72 Å². The van der Waals surface area contributed by atoms with Crippen molar-refractivity contribution in [1.82, 2.24) is 4.72 Å². The predicted molar refractivity (Wildman–Crippen MR) is 73.5 cm³/mol. The van der Waals surface area contributed by atoms with Crippen LogP contribution in [-0.2, 0) is 10.0 Å². The Hall–Kier alpha value is -1.20. The minimum Gasteiger partial charge on any atom is -0.294 e. The third-order valence-corrected chi connectivity index (χ3v) is 4.48. The fourth-order valence-electron chi connectivity index (χ4n) is 1.76. The summed E-state index contributed by atoms with van der Waals surface area (Å²) in [4.78, 5) is 12.1. The van der Waals surface area contributed by atoms with Crippen LogP contribution in [0.1, 0.15) is 37.0 Å². The Labute approximate surface area is 114 Å². The molecule has 0 aliphatic heterocycles. The molecule has 2 rings (SSSR count). The smallest absolute Gasteiger partial charge is 0.240 e. The molecule has 0 bridgehead atoms. The third-order valence-electron chi connectivity index (χ3n) is 3.06. The van der Waals surface area contributed by atoms with E-state index in [1.807, 2.05) is 13.8 Å². The quantitative estimate of drug-likeness (QED) is 0.813. The van der Waals surface area contributed by atoms with Crippen LogP contribution in [0.25, 0.3) is 0 Å². The van der Waals surface area contributed by atoms with Gasteiger partial charge < -0.3 is 0 Å². The molecule has 0 saturated heterocycles. The van der Waals surface area contributed by atoms with Gasteiger partial charge in [-0.1, -0.05) is 26.0 Å². The predicted octanol–water partition coefficient (Wildman–Crippen LogP) is 2.21. The first-order chi connectivity index (χ1) is 8.90. The molecule has 4 nitrogen and oxygen atoms in total. The lowest BCUT2D eigenvalue weighted by atomic mass is 10.1. The van der Waals surface area contributed by atoms with Crippen LogP contribution in [0.2, 0.25) is 0 Å². The number of ketones is 1. The van der Waals surface area contributed by atoms with Gasteiger partial charge >= 0.3 is 0 Å². The zero-order valence-electron chi connectivity index (χ0n) is 11.2. The van der Waals surface area contributed by atoms with Gasteiger partial charge in [0.2, 0.25) is 10.0 Å². The van der Waals surface area contributed by atoms with Crippen LogP contribution in [0.3, 0.4) is 0 Å². The van der Waals surface area contributed by atoms with Crippen LogP contribution in [0, 0.1) is 11.8 Å². The van der Waals surface area contributed by atoms with E-state index in [9.17, 15) is 13.2 Å². The largest absolute Gasteiger partial charge is 0.294 e. The second-order valence-corrected chi connectivity index (χ2v) is 7.18. The molecule has 0 amide bonds. The SMILES string of the molecule is CC(C)CNS(=O)(=O)c1cccc(C(=O)C2CC2)c1. The minimum absolute atomic E-state index is 0.0564. The van der Waals surface area contributed by atoms with Gasteiger partial charge in [0.1, 0.15) is 0 Å². The molecule has 1 saturated carbocycles. The summed E-state index contributed by atoms with van der Waals surface area (Å²) in [6.45, 7) is 4.27. The summed E-state index contributed by atoms with van der Waals surface area (Å²) in [6.07, 6.45) is 1.84. The van der Waals surface area contributed by atoms with E-state index in [2.05, 4.69) is 4.72 Å². The molecule has 5 heteroatoms. The van der Waals surface area contributed by atoms with E-state index in [0.29, 0.717) is 12.1 Å². The maximum atomic E-state index is 12.1. The Balaban J connectivity index is 2.20. The van der Waals surface area contributed by atoms with Crippen LogP contribution in [-0.4, -0.2) is 20.7 Å². The highest BCUT2D eigenvalue weighted by Gasteiger charge is 2.30. The topological polar surface area (TPSA) is 63.2 Å². The zero-order chi connectivity index (χ0) is 14.0. The zero-order valence-corrected chi connectivity index (χ0v) is 12.0. The van der Waals surface area contributed by atoms with E-state index in [4.69, 9.17) is 0 Å². The van der Waals surface area contributed by atoms with E-state index in [1.54, 1.807) is 12.1 Å². The number of Topliss-reactive ketones (excluding diaryl/α,β-unsaturated/α-hetero) is 1. The van der Waals surface area contributed by atoms with Gasteiger partial charge in [0.15, 0.2) is 5.78 Å². The monoisotopic (exact) mass is 281 g/mol. The van der Waals surface area contributed by atoms with Gasteiger partial charge in [-0.15, -0.1) is 0 Å². The number of carbonyl (C=O) groups excluding carboxylic acids is 1. The summed E-state index contributed by atoms with van der Waals surface area (Å²) in [6, 6.07) is 6.30. The number of hydrogen-bond donors (Lipinski definition) is 1. The second-order valence-electron chi connectivity index (χ2n) is 5.41. The molecule has 0 unspecified atom stereocenters. The molecular weight excluding hydrogens is 262 g/mol. The maximum Gasteiger partial charge on any atom is 0.240 e. The van der Waals surface area contributed by atoms with Gasteiger partial charge in [-0.3, -0.25) is 4.79 Å². The molecule has 0 heterocycles. The van der Waals surface area contributed by atoms with E-state index < -0.39 is 10.0 Å². The Morgan fingerprint density at radius 1 is 1.37 bits per heavy atom. The Bertz CT molecular complexity index is 574. The third kappa shape index (κ3) is 3.64. The van der Waals surface area contributed by atoms with Crippen molar-refractivity contribution in [1.29, 1.82) is 0 Å². The normalized spacial score (nSPS) is 15.7. The highest BCUT2D eigenvalue weighted by Crippen LogP contribution is 2.32. The van der Waals surface area contributed by atoms with Crippen LogP contribution >= 0.6 is 0 Å². The van der Waals surface area contributed by atoms with Crippen molar-refractivity contribution >= 4 is 15.8 Å². The molecule has 1 N–H and O–H groups in total. The number of nitrogens with one attached hydrogen (secondary N) is 1. The summed E-state index contributed by atoms with van der Waals surface area (Å²) in [7, 11) is -3.52. The van der Waals surface area contributed by atoms with Gasteiger partial charge in [-0.2, -0.15) is 0 Å². The lowest BCUT2D eigenvalue weighted by Crippen LogP contribution is -2.27. The van der Waals surface area contributed by atoms with E-state index >= 15 is 0 Å².